The highest BCUT2D eigenvalue weighted by molar-refractivity contribution is 5.97. The lowest BCUT2D eigenvalue weighted by Gasteiger charge is -2.34. The van der Waals surface area contributed by atoms with Gasteiger partial charge in [0.1, 0.15) is 6.04 Å². The monoisotopic (exact) mass is 341 g/mol. The van der Waals surface area contributed by atoms with Gasteiger partial charge in [-0.1, -0.05) is 24.3 Å². The number of hydrogen-bond acceptors (Lipinski definition) is 3. The first kappa shape index (κ1) is 17.2. The molecule has 1 amide bonds. The summed E-state index contributed by atoms with van der Waals surface area (Å²) in [5.74, 6) is -1.27. The van der Waals surface area contributed by atoms with Gasteiger partial charge in [0.05, 0.1) is 17.3 Å². The number of nitrogens with zero attached hydrogens (tertiary/aromatic N) is 3. The molecule has 1 aromatic heterocycles. The van der Waals surface area contributed by atoms with E-state index in [-0.39, 0.29) is 11.4 Å². The number of amides is 1. The predicted molar refractivity (Wildman–Crippen MR) is 93.4 cm³/mol. The van der Waals surface area contributed by atoms with E-state index in [1.165, 1.54) is 4.90 Å². The summed E-state index contributed by atoms with van der Waals surface area (Å²) in [4.78, 5) is 26.3. The van der Waals surface area contributed by atoms with Gasteiger partial charge in [-0.2, -0.15) is 5.10 Å². The van der Waals surface area contributed by atoms with Gasteiger partial charge in [0.2, 0.25) is 0 Å². The van der Waals surface area contributed by atoms with Crippen molar-refractivity contribution in [2.75, 3.05) is 0 Å². The molecule has 1 aliphatic rings. The maximum absolute atomic E-state index is 13.1. The van der Waals surface area contributed by atoms with Gasteiger partial charge in [-0.3, -0.25) is 9.48 Å². The Bertz CT molecular complexity index is 833. The van der Waals surface area contributed by atoms with E-state index in [0.717, 1.165) is 16.8 Å². The molecule has 3 rings (SSSR count). The molecule has 2 heterocycles. The number of benzene rings is 1. The van der Waals surface area contributed by atoms with Crippen molar-refractivity contribution in [3.63, 3.8) is 0 Å². The van der Waals surface area contributed by atoms with E-state index >= 15 is 0 Å². The quantitative estimate of drug-likeness (QED) is 0.911. The normalized spacial score (nSPS) is 17.3. The van der Waals surface area contributed by atoms with Crippen LogP contribution in [0, 0.1) is 6.92 Å². The molecule has 1 N–H and O–H groups in total. The molecule has 0 saturated heterocycles. The fourth-order valence-corrected chi connectivity index (χ4v) is 3.41. The van der Waals surface area contributed by atoms with E-state index in [1.54, 1.807) is 10.9 Å². The highest BCUT2D eigenvalue weighted by atomic mass is 16.4. The Kier molecular flexibility index (Phi) is 4.14. The molecule has 0 radical (unpaired) electrons. The van der Waals surface area contributed by atoms with E-state index in [1.807, 2.05) is 52.0 Å². The number of carboxylic acids is 1. The standard InChI is InChI=1S/C19H23N3O3/c1-12-15(10-20-22(12)19(2,3)4)17(23)21-11-14-8-6-5-7-13(14)9-16(21)18(24)25/h5-8,10,16H,9,11H2,1-4H3,(H,24,25). The number of fused-ring (bicyclic) bond motifs is 1. The van der Waals surface area contributed by atoms with Crippen molar-refractivity contribution in [1.29, 1.82) is 0 Å². The second-order valence-corrected chi connectivity index (χ2v) is 7.49. The van der Waals surface area contributed by atoms with Gasteiger partial charge in [-0.05, 0) is 38.8 Å². The molecule has 0 saturated carbocycles. The van der Waals surface area contributed by atoms with Crippen molar-refractivity contribution >= 4 is 11.9 Å². The zero-order chi connectivity index (χ0) is 18.4. The fourth-order valence-electron chi connectivity index (χ4n) is 3.41. The van der Waals surface area contributed by atoms with Crippen LogP contribution < -0.4 is 0 Å². The van der Waals surface area contributed by atoms with Crippen molar-refractivity contribution in [3.8, 4) is 0 Å². The number of aromatic nitrogens is 2. The fraction of sp³-hybridized carbons (Fsp3) is 0.421. The summed E-state index contributed by atoms with van der Waals surface area (Å²) in [5.41, 5.74) is 2.94. The minimum Gasteiger partial charge on any atom is -0.480 e. The molecule has 1 aliphatic heterocycles. The first-order chi connectivity index (χ1) is 11.7. The van der Waals surface area contributed by atoms with E-state index < -0.39 is 12.0 Å². The van der Waals surface area contributed by atoms with E-state index in [4.69, 9.17) is 0 Å². The van der Waals surface area contributed by atoms with Gasteiger partial charge in [-0.15, -0.1) is 0 Å². The average molecular weight is 341 g/mol. The van der Waals surface area contributed by atoms with Crippen LogP contribution in [0.4, 0.5) is 0 Å². The molecule has 132 valence electrons. The van der Waals surface area contributed by atoms with E-state index in [9.17, 15) is 14.7 Å². The molecule has 1 unspecified atom stereocenters. The lowest BCUT2D eigenvalue weighted by molar-refractivity contribution is -0.142. The Morgan fingerprint density at radius 2 is 1.84 bits per heavy atom. The molecule has 0 spiro atoms. The molecule has 1 atom stereocenters. The minimum atomic E-state index is -0.983. The summed E-state index contributed by atoms with van der Waals surface area (Å²) in [6.45, 7) is 8.18. The second kappa shape index (κ2) is 6.02. The van der Waals surface area contributed by atoms with Crippen LogP contribution in [-0.4, -0.2) is 37.7 Å². The van der Waals surface area contributed by atoms with Crippen LogP contribution in [0.15, 0.2) is 30.5 Å². The van der Waals surface area contributed by atoms with Crippen LogP contribution in [0.25, 0.3) is 0 Å². The molecular formula is C19H23N3O3. The number of aliphatic carboxylic acids is 1. The second-order valence-electron chi connectivity index (χ2n) is 7.49. The Balaban J connectivity index is 1.98. The Hall–Kier alpha value is -2.63. The third kappa shape index (κ3) is 3.04. The highest BCUT2D eigenvalue weighted by Gasteiger charge is 2.36. The number of carbonyl (C=O) groups is 2. The van der Waals surface area contributed by atoms with Gasteiger partial charge in [0.15, 0.2) is 0 Å². The van der Waals surface area contributed by atoms with Gasteiger partial charge >= 0.3 is 5.97 Å². The molecule has 0 fully saturated rings. The van der Waals surface area contributed by atoms with Gasteiger partial charge < -0.3 is 10.0 Å². The third-order valence-electron chi connectivity index (χ3n) is 4.67. The summed E-state index contributed by atoms with van der Waals surface area (Å²) in [5, 5.41) is 14.0. The minimum absolute atomic E-state index is 0.247. The van der Waals surface area contributed by atoms with Crippen molar-refractivity contribution < 1.29 is 14.7 Å². The summed E-state index contributed by atoms with van der Waals surface area (Å²) >= 11 is 0. The summed E-state index contributed by atoms with van der Waals surface area (Å²) < 4.78 is 1.80. The Morgan fingerprint density at radius 3 is 2.40 bits per heavy atom. The van der Waals surface area contributed by atoms with Crippen LogP contribution >= 0.6 is 0 Å². The Labute approximate surface area is 147 Å². The zero-order valence-electron chi connectivity index (χ0n) is 15.0. The average Bonchev–Trinajstić information content (AvgIpc) is 2.94. The smallest absolute Gasteiger partial charge is 0.326 e. The Morgan fingerprint density at radius 1 is 1.20 bits per heavy atom. The van der Waals surface area contributed by atoms with Crippen molar-refractivity contribution in [3.05, 3.63) is 52.8 Å². The maximum Gasteiger partial charge on any atom is 0.326 e. The lowest BCUT2D eigenvalue weighted by atomic mass is 9.93. The molecular weight excluding hydrogens is 318 g/mol. The van der Waals surface area contributed by atoms with Crippen LogP contribution in [0.1, 0.15) is 48.0 Å². The molecule has 2 aromatic rings. The van der Waals surface area contributed by atoms with Gasteiger partial charge in [0, 0.05) is 18.7 Å². The molecule has 6 heteroatoms. The zero-order valence-corrected chi connectivity index (χ0v) is 15.0. The number of hydrogen-bond donors (Lipinski definition) is 1. The largest absolute Gasteiger partial charge is 0.480 e. The number of carbonyl (C=O) groups excluding carboxylic acids is 1. The highest BCUT2D eigenvalue weighted by Crippen LogP contribution is 2.27. The number of rotatable bonds is 2. The molecule has 6 nitrogen and oxygen atoms in total. The molecule has 1 aromatic carbocycles. The van der Waals surface area contributed by atoms with E-state index in [0.29, 0.717) is 18.5 Å². The molecule has 0 bridgehead atoms. The van der Waals surface area contributed by atoms with Gasteiger partial charge in [-0.25, -0.2) is 4.79 Å². The predicted octanol–water partition coefficient (Wildman–Crippen LogP) is 2.60. The van der Waals surface area contributed by atoms with Crippen LogP contribution in [0.3, 0.4) is 0 Å². The number of carboxylic acid groups (broad SMARTS) is 1. The summed E-state index contributed by atoms with van der Waals surface area (Å²) in [6.07, 6.45) is 1.87. The van der Waals surface area contributed by atoms with Crippen molar-refractivity contribution in [2.45, 2.75) is 52.2 Å². The van der Waals surface area contributed by atoms with E-state index in [2.05, 4.69) is 5.10 Å². The lowest BCUT2D eigenvalue weighted by Crippen LogP contribution is -2.48. The maximum atomic E-state index is 13.1. The topological polar surface area (TPSA) is 75.4 Å². The van der Waals surface area contributed by atoms with Crippen LogP contribution in [-0.2, 0) is 23.3 Å². The van der Waals surface area contributed by atoms with Gasteiger partial charge in [0.25, 0.3) is 5.91 Å². The van der Waals surface area contributed by atoms with Crippen molar-refractivity contribution in [2.24, 2.45) is 0 Å². The molecule has 0 aliphatic carbocycles. The third-order valence-corrected chi connectivity index (χ3v) is 4.67. The van der Waals surface area contributed by atoms with Crippen molar-refractivity contribution in [1.82, 2.24) is 14.7 Å². The summed E-state index contributed by atoms with van der Waals surface area (Å²) in [6, 6.07) is 6.81. The first-order valence-corrected chi connectivity index (χ1v) is 8.36. The van der Waals surface area contributed by atoms with Crippen LogP contribution in [0.2, 0.25) is 0 Å². The van der Waals surface area contributed by atoms with Crippen LogP contribution in [0.5, 0.6) is 0 Å². The first-order valence-electron chi connectivity index (χ1n) is 8.36. The summed E-state index contributed by atoms with van der Waals surface area (Å²) in [7, 11) is 0. The molecule has 25 heavy (non-hydrogen) atoms. The SMILES string of the molecule is Cc1c(C(=O)N2Cc3ccccc3CC2C(=O)O)cnn1C(C)(C)C.